The predicted octanol–water partition coefficient (Wildman–Crippen LogP) is 4.24. The molecule has 1 N–H and O–H groups in total. The number of ether oxygens (including phenoxy) is 1. The molecule has 2 fully saturated rings. The van der Waals surface area contributed by atoms with Crippen molar-refractivity contribution in [3.8, 4) is 5.75 Å². The molecule has 2 aliphatic rings. The molecule has 2 aromatic rings. The minimum absolute atomic E-state index is 0.0991. The highest BCUT2D eigenvalue weighted by Crippen LogP contribution is 2.40. The quantitative estimate of drug-likeness (QED) is 0.643. The fourth-order valence-corrected chi connectivity index (χ4v) is 5.67. The Balaban J connectivity index is 1.38. The number of anilines is 1. The summed E-state index contributed by atoms with van der Waals surface area (Å²) >= 11 is 5.97. The van der Waals surface area contributed by atoms with Gasteiger partial charge >= 0.3 is 0 Å². The fraction of sp³-hybridized carbons (Fsp3) is 0.435. The zero-order valence-electron chi connectivity index (χ0n) is 17.8. The molecule has 172 valence electrons. The van der Waals surface area contributed by atoms with E-state index in [1.165, 1.54) is 18.2 Å². The molecule has 32 heavy (non-hydrogen) atoms. The van der Waals surface area contributed by atoms with E-state index in [9.17, 15) is 17.6 Å². The highest BCUT2D eigenvalue weighted by molar-refractivity contribution is 7.92. The number of carbonyl (C=O) groups excluding carboxylic acids is 1. The molecule has 2 aromatic carbocycles. The van der Waals surface area contributed by atoms with E-state index >= 15 is 0 Å². The highest BCUT2D eigenvalue weighted by atomic mass is 35.5. The Labute approximate surface area is 192 Å². The Morgan fingerprint density at radius 2 is 1.81 bits per heavy atom. The lowest BCUT2D eigenvalue weighted by molar-refractivity contribution is -0.138. The van der Waals surface area contributed by atoms with Crippen LogP contribution in [0.5, 0.6) is 5.75 Å². The summed E-state index contributed by atoms with van der Waals surface area (Å²) in [5.41, 5.74) is 1.32. The Bertz CT molecular complexity index is 1080. The first-order valence-electron chi connectivity index (χ1n) is 10.6. The maximum Gasteiger partial charge on any atom is 0.261 e. The van der Waals surface area contributed by atoms with Crippen molar-refractivity contribution in [3.05, 3.63) is 58.9 Å². The third-order valence-electron chi connectivity index (χ3n) is 6.14. The van der Waals surface area contributed by atoms with Gasteiger partial charge in [-0.15, -0.1) is 0 Å². The van der Waals surface area contributed by atoms with Gasteiger partial charge in [0.1, 0.15) is 11.6 Å². The van der Waals surface area contributed by atoms with Crippen molar-refractivity contribution in [2.75, 3.05) is 17.6 Å². The Morgan fingerprint density at radius 3 is 2.44 bits per heavy atom. The molecule has 0 aromatic heterocycles. The van der Waals surface area contributed by atoms with Crippen LogP contribution in [0.1, 0.15) is 31.2 Å². The molecule has 9 heteroatoms. The molecule has 6 nitrogen and oxygen atoms in total. The highest BCUT2D eigenvalue weighted by Gasteiger charge is 2.43. The van der Waals surface area contributed by atoms with E-state index in [1.54, 1.807) is 12.1 Å². The van der Waals surface area contributed by atoms with Crippen LogP contribution in [0.15, 0.2) is 42.5 Å². The average Bonchev–Trinajstić information content (AvgIpc) is 2.98. The summed E-state index contributed by atoms with van der Waals surface area (Å²) in [7, 11) is -3.52. The standard InChI is InChI=1S/C23H26ClFN2O4S/c1-32(29,30)26-21-13-17(24)4-9-22(21)31-14-23(28)27-19-7-8-20(27)12-16(11-19)10-15-2-5-18(25)6-3-15/h2-6,9,13,16,19-20,26H,7-8,10-12,14H2,1H3. The second kappa shape index (κ2) is 9.27. The van der Waals surface area contributed by atoms with Gasteiger partial charge in [-0.25, -0.2) is 12.8 Å². The summed E-state index contributed by atoms with van der Waals surface area (Å²) in [6.45, 7) is -0.171. The van der Waals surface area contributed by atoms with Crippen molar-refractivity contribution >= 4 is 33.2 Å². The third kappa shape index (κ3) is 5.53. The van der Waals surface area contributed by atoms with Crippen LogP contribution in [-0.2, 0) is 21.2 Å². The molecular weight excluding hydrogens is 455 g/mol. The largest absolute Gasteiger partial charge is 0.482 e. The van der Waals surface area contributed by atoms with E-state index in [4.69, 9.17) is 16.3 Å². The lowest BCUT2D eigenvalue weighted by Gasteiger charge is -2.39. The molecule has 0 spiro atoms. The molecule has 2 bridgehead atoms. The monoisotopic (exact) mass is 480 g/mol. The molecule has 1 amide bonds. The summed E-state index contributed by atoms with van der Waals surface area (Å²) in [4.78, 5) is 14.9. The number of nitrogens with zero attached hydrogens (tertiary/aromatic N) is 1. The minimum atomic E-state index is -3.52. The number of fused-ring (bicyclic) bond motifs is 2. The first-order valence-corrected chi connectivity index (χ1v) is 12.9. The molecule has 4 rings (SSSR count). The first kappa shape index (κ1) is 22.9. The smallest absolute Gasteiger partial charge is 0.261 e. The minimum Gasteiger partial charge on any atom is -0.482 e. The average molecular weight is 481 g/mol. The van der Waals surface area contributed by atoms with Crippen LogP contribution in [0.2, 0.25) is 5.02 Å². The zero-order valence-corrected chi connectivity index (χ0v) is 19.3. The SMILES string of the molecule is CS(=O)(=O)Nc1cc(Cl)ccc1OCC(=O)N1C2CCC1CC(Cc1ccc(F)cc1)C2. The van der Waals surface area contributed by atoms with Gasteiger partial charge in [-0.3, -0.25) is 9.52 Å². The van der Waals surface area contributed by atoms with Gasteiger partial charge in [0.2, 0.25) is 10.0 Å². The number of rotatable bonds is 7. The molecule has 0 aliphatic carbocycles. The summed E-state index contributed by atoms with van der Waals surface area (Å²) in [5.74, 6) is 0.388. The second-order valence-electron chi connectivity index (χ2n) is 8.66. The van der Waals surface area contributed by atoms with Crippen molar-refractivity contribution in [2.45, 2.75) is 44.2 Å². The van der Waals surface area contributed by atoms with E-state index in [-0.39, 0.29) is 41.9 Å². The molecule has 2 unspecified atom stereocenters. The van der Waals surface area contributed by atoms with E-state index in [2.05, 4.69) is 4.72 Å². The van der Waals surface area contributed by atoms with Crippen LogP contribution < -0.4 is 9.46 Å². The first-order chi connectivity index (χ1) is 15.2. The van der Waals surface area contributed by atoms with Crippen LogP contribution in [0, 0.1) is 11.7 Å². The number of amides is 1. The van der Waals surface area contributed by atoms with E-state index in [0.29, 0.717) is 10.9 Å². The molecule has 2 saturated heterocycles. The predicted molar refractivity (Wildman–Crippen MR) is 122 cm³/mol. The molecule has 0 radical (unpaired) electrons. The number of hydrogen-bond acceptors (Lipinski definition) is 4. The number of sulfonamides is 1. The van der Waals surface area contributed by atoms with Gasteiger partial charge in [0.15, 0.2) is 6.61 Å². The Morgan fingerprint density at radius 1 is 1.16 bits per heavy atom. The van der Waals surface area contributed by atoms with E-state index < -0.39 is 10.0 Å². The van der Waals surface area contributed by atoms with Crippen molar-refractivity contribution in [3.63, 3.8) is 0 Å². The van der Waals surface area contributed by atoms with Gasteiger partial charge in [0.25, 0.3) is 5.91 Å². The fourth-order valence-electron chi connectivity index (χ4n) is 4.94. The maximum atomic E-state index is 13.2. The van der Waals surface area contributed by atoms with Crippen molar-refractivity contribution in [2.24, 2.45) is 5.92 Å². The van der Waals surface area contributed by atoms with Crippen LogP contribution in [0.3, 0.4) is 0 Å². The maximum absolute atomic E-state index is 13.2. The van der Waals surface area contributed by atoms with Gasteiger partial charge < -0.3 is 9.64 Å². The summed E-state index contributed by atoms with van der Waals surface area (Å²) < 4.78 is 44.5. The topological polar surface area (TPSA) is 75.7 Å². The van der Waals surface area contributed by atoms with Crippen LogP contribution in [-0.4, -0.2) is 44.2 Å². The summed E-state index contributed by atoms with van der Waals surface area (Å²) in [6, 6.07) is 11.6. The summed E-state index contributed by atoms with van der Waals surface area (Å²) in [6.07, 6.45) is 5.70. The number of carbonyl (C=O) groups is 1. The lowest BCUT2D eigenvalue weighted by Crippen LogP contribution is -2.48. The van der Waals surface area contributed by atoms with Gasteiger partial charge in [-0.05, 0) is 73.9 Å². The number of nitrogens with one attached hydrogen (secondary N) is 1. The zero-order chi connectivity index (χ0) is 22.9. The normalized spacial score (nSPS) is 22.6. The van der Waals surface area contributed by atoms with Gasteiger partial charge in [0, 0.05) is 17.1 Å². The number of hydrogen-bond donors (Lipinski definition) is 1. The Kier molecular flexibility index (Phi) is 6.62. The molecule has 2 aliphatic heterocycles. The van der Waals surface area contributed by atoms with Crippen molar-refractivity contribution in [1.82, 2.24) is 4.90 Å². The molecule has 0 saturated carbocycles. The Hall–Kier alpha value is -2.32. The van der Waals surface area contributed by atoms with Crippen LogP contribution >= 0.6 is 11.6 Å². The molecule has 2 atom stereocenters. The lowest BCUT2D eigenvalue weighted by atomic mass is 9.86. The third-order valence-corrected chi connectivity index (χ3v) is 6.97. The molecule has 2 heterocycles. The van der Waals surface area contributed by atoms with E-state index in [0.717, 1.165) is 43.9 Å². The summed E-state index contributed by atoms with van der Waals surface area (Å²) in [5, 5.41) is 0.357. The number of piperidine rings is 1. The van der Waals surface area contributed by atoms with E-state index in [1.807, 2.05) is 17.0 Å². The van der Waals surface area contributed by atoms with Crippen LogP contribution in [0.4, 0.5) is 10.1 Å². The number of benzene rings is 2. The van der Waals surface area contributed by atoms with Crippen molar-refractivity contribution in [1.29, 1.82) is 0 Å². The number of halogens is 2. The second-order valence-corrected chi connectivity index (χ2v) is 10.8. The van der Waals surface area contributed by atoms with Gasteiger partial charge in [0.05, 0.1) is 11.9 Å². The van der Waals surface area contributed by atoms with Crippen LogP contribution in [0.25, 0.3) is 0 Å². The molecular formula is C23H26ClFN2O4S. The van der Waals surface area contributed by atoms with Crippen molar-refractivity contribution < 1.29 is 22.3 Å². The van der Waals surface area contributed by atoms with Gasteiger partial charge in [-0.2, -0.15) is 0 Å². The van der Waals surface area contributed by atoms with Gasteiger partial charge in [-0.1, -0.05) is 23.7 Å².